The smallest absolute Gasteiger partial charge is 0.290 e. The van der Waals surface area contributed by atoms with Crippen molar-refractivity contribution in [1.82, 2.24) is 24.8 Å². The molecule has 1 saturated heterocycles. The van der Waals surface area contributed by atoms with Crippen LogP contribution in [-0.2, 0) is 0 Å². The quantitative estimate of drug-likeness (QED) is 0.505. The summed E-state index contributed by atoms with van der Waals surface area (Å²) in [5.74, 6) is 1.45. The van der Waals surface area contributed by atoms with Gasteiger partial charge in [0.2, 0.25) is 0 Å². The molecule has 1 aliphatic heterocycles. The van der Waals surface area contributed by atoms with Gasteiger partial charge < -0.3 is 14.6 Å². The van der Waals surface area contributed by atoms with Crippen molar-refractivity contribution >= 4 is 28.5 Å². The first kappa shape index (κ1) is 20.1. The van der Waals surface area contributed by atoms with Gasteiger partial charge in [-0.1, -0.05) is 12.1 Å². The summed E-state index contributed by atoms with van der Waals surface area (Å²) in [4.78, 5) is 32.7. The molecule has 1 aromatic carbocycles. The number of hydrogen-bond donors (Lipinski definition) is 1. The molecule has 1 atom stereocenters. The molecule has 0 saturated carbocycles. The largest absolute Gasteiger partial charge is 0.450 e. The molecule has 8 heteroatoms. The maximum Gasteiger partial charge on any atom is 0.290 e. The Bertz CT molecular complexity index is 1300. The molecule has 3 aromatic heterocycles. The first-order chi connectivity index (χ1) is 15.5. The first-order valence-electron chi connectivity index (χ1n) is 10.7. The summed E-state index contributed by atoms with van der Waals surface area (Å²) in [6, 6.07) is 3.94. The summed E-state index contributed by atoms with van der Waals surface area (Å²) in [5.41, 5.74) is 4.62. The Morgan fingerprint density at radius 2 is 1.91 bits per heavy atom. The zero-order chi connectivity index (χ0) is 22.2. The molecule has 162 valence electrons. The van der Waals surface area contributed by atoms with Gasteiger partial charge in [0.1, 0.15) is 17.2 Å². The summed E-state index contributed by atoms with van der Waals surface area (Å²) in [6.07, 6.45) is 9.91. The molecule has 4 heterocycles. The second-order valence-corrected chi connectivity index (χ2v) is 8.14. The number of carbonyl (C=O) groups is 1. The van der Waals surface area contributed by atoms with Crippen LogP contribution in [0, 0.1) is 20.8 Å². The lowest BCUT2D eigenvalue weighted by atomic mass is 10.0. The van der Waals surface area contributed by atoms with E-state index in [1.165, 1.54) is 0 Å². The number of anilines is 2. The van der Waals surface area contributed by atoms with Gasteiger partial charge in [0.25, 0.3) is 5.91 Å². The molecule has 1 unspecified atom stereocenters. The number of aromatic nitrogens is 4. The highest BCUT2D eigenvalue weighted by Gasteiger charge is 2.34. The summed E-state index contributed by atoms with van der Waals surface area (Å²) >= 11 is 0. The van der Waals surface area contributed by atoms with Crippen LogP contribution in [0.15, 0.2) is 47.5 Å². The SMILES string of the molecule is Cc1ccc2c(C)c(C(=O)N3CCCC3c3cncc(Nc4cnccn4)n3)oc2c1C. The second kappa shape index (κ2) is 8.03. The lowest BCUT2D eigenvalue weighted by Crippen LogP contribution is -2.31. The van der Waals surface area contributed by atoms with Crippen molar-refractivity contribution in [3.05, 3.63) is 71.3 Å². The molecule has 1 aliphatic rings. The van der Waals surface area contributed by atoms with Gasteiger partial charge in [0.15, 0.2) is 5.76 Å². The molecule has 1 amide bonds. The molecule has 0 aliphatic carbocycles. The van der Waals surface area contributed by atoms with E-state index >= 15 is 0 Å². The van der Waals surface area contributed by atoms with Crippen molar-refractivity contribution in [1.29, 1.82) is 0 Å². The Morgan fingerprint density at radius 3 is 2.72 bits per heavy atom. The van der Waals surface area contributed by atoms with Crippen LogP contribution in [0.3, 0.4) is 0 Å². The van der Waals surface area contributed by atoms with E-state index in [2.05, 4.69) is 26.3 Å². The maximum absolute atomic E-state index is 13.5. The number of rotatable bonds is 4. The molecular formula is C24H24N6O2. The Morgan fingerprint density at radius 1 is 1.06 bits per heavy atom. The minimum Gasteiger partial charge on any atom is -0.450 e. The minimum atomic E-state index is -0.158. The third-order valence-electron chi connectivity index (χ3n) is 6.15. The maximum atomic E-state index is 13.5. The number of hydrogen-bond acceptors (Lipinski definition) is 7. The lowest BCUT2D eigenvalue weighted by molar-refractivity contribution is 0.0701. The average molecular weight is 428 g/mol. The van der Waals surface area contributed by atoms with Crippen LogP contribution in [0.5, 0.6) is 0 Å². The predicted molar refractivity (Wildman–Crippen MR) is 121 cm³/mol. The summed E-state index contributed by atoms with van der Waals surface area (Å²) in [6.45, 7) is 6.68. The highest BCUT2D eigenvalue weighted by molar-refractivity contribution is 6.00. The topological polar surface area (TPSA) is 97.0 Å². The van der Waals surface area contributed by atoms with Crippen LogP contribution in [0.25, 0.3) is 11.0 Å². The van der Waals surface area contributed by atoms with Gasteiger partial charge in [0, 0.05) is 29.9 Å². The number of fused-ring (bicyclic) bond motifs is 1. The van der Waals surface area contributed by atoms with Gasteiger partial charge >= 0.3 is 0 Å². The van der Waals surface area contributed by atoms with E-state index in [0.29, 0.717) is 23.9 Å². The summed E-state index contributed by atoms with van der Waals surface area (Å²) < 4.78 is 6.12. The van der Waals surface area contributed by atoms with Crippen LogP contribution in [0.2, 0.25) is 0 Å². The molecule has 1 N–H and O–H groups in total. The van der Waals surface area contributed by atoms with Gasteiger partial charge in [-0.05, 0) is 44.7 Å². The van der Waals surface area contributed by atoms with E-state index in [1.54, 1.807) is 31.0 Å². The summed E-state index contributed by atoms with van der Waals surface area (Å²) in [7, 11) is 0. The fourth-order valence-electron chi connectivity index (χ4n) is 4.27. The molecule has 1 fully saturated rings. The Balaban J connectivity index is 1.45. The number of carbonyl (C=O) groups excluding carboxylic acids is 1. The van der Waals surface area contributed by atoms with Gasteiger partial charge in [-0.15, -0.1) is 0 Å². The van der Waals surface area contributed by atoms with E-state index in [-0.39, 0.29) is 11.9 Å². The fraction of sp³-hybridized carbons (Fsp3) is 0.292. The van der Waals surface area contributed by atoms with E-state index in [0.717, 1.165) is 46.2 Å². The molecule has 0 spiro atoms. The molecule has 4 aromatic rings. The van der Waals surface area contributed by atoms with Crippen molar-refractivity contribution in [2.45, 2.75) is 39.7 Å². The number of likely N-dealkylation sites (tertiary alicyclic amines) is 1. The fourth-order valence-corrected chi connectivity index (χ4v) is 4.27. The number of amides is 1. The third kappa shape index (κ3) is 3.47. The molecule has 0 radical (unpaired) electrons. The molecule has 32 heavy (non-hydrogen) atoms. The molecule has 0 bridgehead atoms. The number of furan rings is 1. The average Bonchev–Trinajstić information content (AvgIpc) is 3.42. The van der Waals surface area contributed by atoms with E-state index in [4.69, 9.17) is 9.40 Å². The Hall–Kier alpha value is -3.81. The molecule has 8 nitrogen and oxygen atoms in total. The van der Waals surface area contributed by atoms with E-state index < -0.39 is 0 Å². The molecular weight excluding hydrogens is 404 g/mol. The van der Waals surface area contributed by atoms with Crippen LogP contribution >= 0.6 is 0 Å². The van der Waals surface area contributed by atoms with Gasteiger partial charge in [-0.2, -0.15) is 0 Å². The van der Waals surface area contributed by atoms with Crippen LogP contribution in [-0.4, -0.2) is 37.3 Å². The van der Waals surface area contributed by atoms with Crippen LogP contribution < -0.4 is 5.32 Å². The van der Waals surface area contributed by atoms with E-state index in [9.17, 15) is 4.79 Å². The van der Waals surface area contributed by atoms with Gasteiger partial charge in [-0.25, -0.2) is 9.97 Å². The zero-order valence-electron chi connectivity index (χ0n) is 18.3. The molecule has 5 rings (SSSR count). The normalized spacial score (nSPS) is 16.0. The van der Waals surface area contributed by atoms with Crippen molar-refractivity contribution in [2.75, 3.05) is 11.9 Å². The number of nitrogens with zero attached hydrogens (tertiary/aromatic N) is 5. The highest BCUT2D eigenvalue weighted by atomic mass is 16.3. The van der Waals surface area contributed by atoms with Crippen molar-refractivity contribution in [3.8, 4) is 0 Å². The third-order valence-corrected chi connectivity index (χ3v) is 6.15. The highest BCUT2D eigenvalue weighted by Crippen LogP contribution is 2.36. The predicted octanol–water partition coefficient (Wildman–Crippen LogP) is 4.66. The number of nitrogens with one attached hydrogen (secondary N) is 1. The van der Waals surface area contributed by atoms with Crippen molar-refractivity contribution in [3.63, 3.8) is 0 Å². The van der Waals surface area contributed by atoms with Crippen molar-refractivity contribution in [2.24, 2.45) is 0 Å². The Kier molecular flexibility index (Phi) is 5.05. The van der Waals surface area contributed by atoms with Gasteiger partial charge in [-0.3, -0.25) is 14.8 Å². The number of benzene rings is 1. The zero-order valence-corrected chi connectivity index (χ0v) is 18.3. The first-order valence-corrected chi connectivity index (χ1v) is 10.7. The minimum absolute atomic E-state index is 0.104. The monoisotopic (exact) mass is 428 g/mol. The van der Waals surface area contributed by atoms with E-state index in [1.807, 2.05) is 31.7 Å². The number of aryl methyl sites for hydroxylation is 3. The Labute approximate surface area is 185 Å². The van der Waals surface area contributed by atoms with Crippen LogP contribution in [0.1, 0.15) is 51.8 Å². The standard InChI is InChI=1S/C24H24N6O2/c1-14-6-7-17-16(3)23(32-22(17)15(14)2)24(31)30-10-4-5-19(30)18-11-26-13-21(28-18)29-20-12-25-8-9-27-20/h6-9,11-13,19H,4-5,10H2,1-3H3,(H,27,28,29). The summed E-state index contributed by atoms with van der Waals surface area (Å²) in [5, 5.41) is 4.10. The van der Waals surface area contributed by atoms with Crippen molar-refractivity contribution < 1.29 is 9.21 Å². The van der Waals surface area contributed by atoms with Gasteiger partial charge in [0.05, 0.1) is 30.3 Å². The van der Waals surface area contributed by atoms with Crippen LogP contribution in [0.4, 0.5) is 11.6 Å². The second-order valence-electron chi connectivity index (χ2n) is 8.14. The lowest BCUT2D eigenvalue weighted by Gasteiger charge is -2.23.